The average Bonchev–Trinajstić information content (AvgIpc) is 2.33. The molecule has 0 aliphatic rings. The first-order valence-electron chi connectivity index (χ1n) is 4.98. The van der Waals surface area contributed by atoms with Gasteiger partial charge in [-0.2, -0.15) is 0 Å². The van der Waals surface area contributed by atoms with Crippen LogP contribution < -0.4 is 5.11 Å². The van der Waals surface area contributed by atoms with Crippen molar-refractivity contribution in [2.75, 3.05) is 6.61 Å². The normalized spacial score (nSPS) is 9.83. The third kappa shape index (κ3) is 3.24. The molecule has 0 heterocycles. The molecular weight excluding hydrogens is 260 g/mol. The zero-order chi connectivity index (χ0) is 13.7. The van der Waals surface area contributed by atoms with Crippen molar-refractivity contribution in [2.24, 2.45) is 0 Å². The minimum Gasteiger partial charge on any atom is -0.871 e. The van der Waals surface area contributed by atoms with Gasteiger partial charge in [-0.1, -0.05) is 30.0 Å². The van der Waals surface area contributed by atoms with Gasteiger partial charge in [-0.05, 0) is 11.6 Å². The number of aromatic carboxylic acids is 1. The van der Waals surface area contributed by atoms with E-state index in [2.05, 4.69) is 6.58 Å². The lowest BCUT2D eigenvalue weighted by Crippen LogP contribution is -2.10. The van der Waals surface area contributed by atoms with Crippen LogP contribution in [0.1, 0.15) is 15.9 Å². The summed E-state index contributed by atoms with van der Waals surface area (Å²) in [6.07, 6.45) is 1.04. The molecule has 0 aromatic heterocycles. The van der Waals surface area contributed by atoms with E-state index < -0.39 is 17.7 Å². The standard InChI is InChI=1S/C12H11ClO5/c1-2-10(15)18-6-5-7-8(12(16)17)3-4-9(14)11(7)13/h2-4,14H,1,5-6H2,(H,16,17)/p-1. The Labute approximate surface area is 108 Å². The van der Waals surface area contributed by atoms with Crippen molar-refractivity contribution in [2.45, 2.75) is 6.42 Å². The fraction of sp³-hybridized carbons (Fsp3) is 0.167. The predicted molar refractivity (Wildman–Crippen MR) is 62.7 cm³/mol. The number of esters is 1. The number of halogens is 1. The van der Waals surface area contributed by atoms with Gasteiger partial charge in [0, 0.05) is 17.5 Å². The molecule has 1 aromatic carbocycles. The van der Waals surface area contributed by atoms with Gasteiger partial charge < -0.3 is 14.9 Å². The van der Waals surface area contributed by atoms with Gasteiger partial charge in [0.05, 0.1) is 12.2 Å². The summed E-state index contributed by atoms with van der Waals surface area (Å²) in [5.41, 5.74) is 0.0859. The molecule has 1 N–H and O–H groups in total. The number of carboxylic acids is 1. The Morgan fingerprint density at radius 1 is 1.50 bits per heavy atom. The minimum atomic E-state index is -1.19. The summed E-state index contributed by atoms with van der Waals surface area (Å²) in [5.74, 6) is -2.28. The first-order valence-corrected chi connectivity index (χ1v) is 5.36. The van der Waals surface area contributed by atoms with Crippen LogP contribution in [0, 0.1) is 0 Å². The third-order valence-corrected chi connectivity index (χ3v) is 2.62. The van der Waals surface area contributed by atoms with Gasteiger partial charge in [-0.25, -0.2) is 9.59 Å². The summed E-state index contributed by atoms with van der Waals surface area (Å²) in [6.45, 7) is 3.14. The summed E-state index contributed by atoms with van der Waals surface area (Å²) in [6, 6.07) is 2.27. The first kappa shape index (κ1) is 14.1. The van der Waals surface area contributed by atoms with Crippen LogP contribution in [0.3, 0.4) is 0 Å². The number of benzene rings is 1. The van der Waals surface area contributed by atoms with Crippen LogP contribution in [0.2, 0.25) is 5.02 Å². The fourth-order valence-electron chi connectivity index (χ4n) is 1.36. The molecule has 0 saturated heterocycles. The van der Waals surface area contributed by atoms with E-state index in [0.717, 1.165) is 12.1 Å². The van der Waals surface area contributed by atoms with Gasteiger partial charge in [0.1, 0.15) is 0 Å². The smallest absolute Gasteiger partial charge is 0.336 e. The van der Waals surface area contributed by atoms with E-state index in [1.54, 1.807) is 0 Å². The summed E-state index contributed by atoms with van der Waals surface area (Å²) in [5, 5.41) is 20.1. The highest BCUT2D eigenvalue weighted by molar-refractivity contribution is 6.33. The zero-order valence-corrected chi connectivity index (χ0v) is 10.1. The molecule has 0 radical (unpaired) electrons. The van der Waals surface area contributed by atoms with Crippen molar-refractivity contribution >= 4 is 23.5 Å². The van der Waals surface area contributed by atoms with E-state index in [1.807, 2.05) is 0 Å². The maximum absolute atomic E-state index is 11.3. The molecule has 5 nitrogen and oxygen atoms in total. The molecule has 0 saturated carbocycles. The Morgan fingerprint density at radius 2 is 2.17 bits per heavy atom. The van der Waals surface area contributed by atoms with E-state index in [0.29, 0.717) is 0 Å². The molecule has 0 amide bonds. The number of ether oxygens (including phenoxy) is 1. The highest BCUT2D eigenvalue weighted by Gasteiger charge is 2.14. The largest absolute Gasteiger partial charge is 0.871 e. The molecular formula is C12H10ClO5-. The van der Waals surface area contributed by atoms with Crippen LogP contribution >= 0.6 is 11.6 Å². The lowest BCUT2D eigenvalue weighted by molar-refractivity contribution is -0.268. The van der Waals surface area contributed by atoms with Gasteiger partial charge in [-0.15, -0.1) is 0 Å². The highest BCUT2D eigenvalue weighted by Crippen LogP contribution is 2.28. The molecule has 0 bridgehead atoms. The minimum absolute atomic E-state index is 0.0517. The van der Waals surface area contributed by atoms with Crippen molar-refractivity contribution in [3.05, 3.63) is 40.9 Å². The molecule has 18 heavy (non-hydrogen) atoms. The maximum atomic E-state index is 11.3. The van der Waals surface area contributed by atoms with Crippen LogP contribution in [-0.2, 0) is 16.0 Å². The van der Waals surface area contributed by atoms with E-state index >= 15 is 0 Å². The second-order valence-electron chi connectivity index (χ2n) is 3.33. The second-order valence-corrected chi connectivity index (χ2v) is 3.71. The number of rotatable bonds is 5. The van der Waals surface area contributed by atoms with Crippen molar-refractivity contribution in [3.63, 3.8) is 0 Å². The number of hydrogen-bond donors (Lipinski definition) is 1. The van der Waals surface area contributed by atoms with E-state index in [1.165, 1.54) is 6.07 Å². The Morgan fingerprint density at radius 3 is 2.72 bits per heavy atom. The van der Waals surface area contributed by atoms with Crippen molar-refractivity contribution < 1.29 is 24.5 Å². The molecule has 6 heteroatoms. The molecule has 0 unspecified atom stereocenters. The first-order chi connectivity index (χ1) is 8.47. The average molecular weight is 270 g/mol. The van der Waals surface area contributed by atoms with Crippen LogP contribution in [0.5, 0.6) is 5.75 Å². The van der Waals surface area contributed by atoms with Gasteiger partial charge in [-0.3, -0.25) is 0 Å². The summed E-state index contributed by atoms with van der Waals surface area (Å²) in [7, 11) is 0. The lowest BCUT2D eigenvalue weighted by atomic mass is 10.0. The third-order valence-electron chi connectivity index (χ3n) is 2.20. The van der Waals surface area contributed by atoms with E-state index in [4.69, 9.17) is 21.4 Å². The fourth-order valence-corrected chi connectivity index (χ4v) is 1.62. The van der Waals surface area contributed by atoms with Crippen LogP contribution in [0.25, 0.3) is 0 Å². The van der Waals surface area contributed by atoms with Crippen molar-refractivity contribution in [1.82, 2.24) is 0 Å². The van der Waals surface area contributed by atoms with Crippen LogP contribution in [0.4, 0.5) is 0 Å². The van der Waals surface area contributed by atoms with Gasteiger partial charge in [0.25, 0.3) is 0 Å². The number of carboxylic acid groups (broad SMARTS) is 1. The monoisotopic (exact) mass is 269 g/mol. The van der Waals surface area contributed by atoms with Crippen molar-refractivity contribution in [1.29, 1.82) is 0 Å². The molecule has 0 spiro atoms. The van der Waals surface area contributed by atoms with Gasteiger partial charge in [0.2, 0.25) is 0 Å². The lowest BCUT2D eigenvalue weighted by Gasteiger charge is -2.15. The van der Waals surface area contributed by atoms with Gasteiger partial charge in [0.15, 0.2) is 0 Å². The maximum Gasteiger partial charge on any atom is 0.336 e. The second kappa shape index (κ2) is 6.07. The number of carbonyl (C=O) groups excluding carboxylic acids is 1. The molecule has 0 aliphatic carbocycles. The topological polar surface area (TPSA) is 86.7 Å². The van der Waals surface area contributed by atoms with E-state index in [9.17, 15) is 14.7 Å². The summed E-state index contributed by atoms with van der Waals surface area (Å²) in [4.78, 5) is 21.8. The predicted octanol–water partition coefficient (Wildman–Crippen LogP) is 1.38. The quantitative estimate of drug-likeness (QED) is 0.645. The molecule has 1 aromatic rings. The SMILES string of the molecule is C=CC(=O)OCCc1c(C(=O)O)ccc([O-])c1Cl. The van der Waals surface area contributed by atoms with Gasteiger partial charge >= 0.3 is 11.9 Å². The Kier molecular flexibility index (Phi) is 4.74. The molecule has 96 valence electrons. The molecule has 0 fully saturated rings. The van der Waals surface area contributed by atoms with E-state index in [-0.39, 0.29) is 29.2 Å². The number of hydrogen-bond acceptors (Lipinski definition) is 4. The Bertz CT molecular complexity index is 495. The van der Waals surface area contributed by atoms with Crippen LogP contribution in [-0.4, -0.2) is 23.7 Å². The zero-order valence-electron chi connectivity index (χ0n) is 9.31. The highest BCUT2D eigenvalue weighted by atomic mass is 35.5. The Hall–Kier alpha value is -2.01. The number of carbonyl (C=O) groups is 2. The molecule has 1 rings (SSSR count). The Balaban J connectivity index is 2.92. The molecule has 0 aliphatic heterocycles. The summed E-state index contributed by atoms with van der Waals surface area (Å²) >= 11 is 5.76. The van der Waals surface area contributed by atoms with Crippen molar-refractivity contribution in [3.8, 4) is 5.75 Å². The molecule has 0 atom stereocenters. The summed E-state index contributed by atoms with van der Waals surface area (Å²) < 4.78 is 4.71. The van der Waals surface area contributed by atoms with Crippen LogP contribution in [0.15, 0.2) is 24.8 Å².